The number of aliphatic hydroxyl groups is 1. The highest BCUT2D eigenvalue weighted by molar-refractivity contribution is 7.12. The molecule has 140 valence electrons. The van der Waals surface area contributed by atoms with Crippen LogP contribution >= 0.6 is 11.3 Å². The average Bonchev–Trinajstić information content (AvgIpc) is 3.14. The number of thiophene rings is 1. The SMILES string of the molecule is CC(C)(C)c1ccc(C(=O)NCc2ccc(C(O)c3ccccc3)s2)cc1. The number of hydrogen-bond acceptors (Lipinski definition) is 3. The lowest BCUT2D eigenvalue weighted by Gasteiger charge is -2.19. The highest BCUT2D eigenvalue weighted by Crippen LogP contribution is 2.28. The van der Waals surface area contributed by atoms with Crippen LogP contribution < -0.4 is 5.32 Å². The molecule has 3 rings (SSSR count). The Morgan fingerprint density at radius 3 is 2.30 bits per heavy atom. The molecule has 3 nitrogen and oxygen atoms in total. The summed E-state index contributed by atoms with van der Waals surface area (Å²) < 4.78 is 0. The van der Waals surface area contributed by atoms with Crippen molar-refractivity contribution in [1.82, 2.24) is 5.32 Å². The van der Waals surface area contributed by atoms with E-state index in [-0.39, 0.29) is 11.3 Å². The monoisotopic (exact) mass is 379 g/mol. The van der Waals surface area contributed by atoms with Gasteiger partial charge in [0.25, 0.3) is 5.91 Å². The van der Waals surface area contributed by atoms with Gasteiger partial charge in [-0.25, -0.2) is 0 Å². The van der Waals surface area contributed by atoms with Crippen LogP contribution in [0.5, 0.6) is 0 Å². The van der Waals surface area contributed by atoms with Crippen molar-refractivity contribution in [2.45, 2.75) is 38.8 Å². The fourth-order valence-corrected chi connectivity index (χ4v) is 3.79. The van der Waals surface area contributed by atoms with Gasteiger partial charge in [0.05, 0.1) is 6.54 Å². The number of aliphatic hydroxyl groups excluding tert-OH is 1. The van der Waals surface area contributed by atoms with Crippen LogP contribution in [0.4, 0.5) is 0 Å². The fraction of sp³-hybridized carbons (Fsp3) is 0.261. The van der Waals surface area contributed by atoms with Crippen LogP contribution in [0, 0.1) is 0 Å². The Bertz CT molecular complexity index is 892. The van der Waals surface area contributed by atoms with Gasteiger partial charge in [0, 0.05) is 15.3 Å². The van der Waals surface area contributed by atoms with Crippen molar-refractivity contribution in [2.24, 2.45) is 0 Å². The van der Waals surface area contributed by atoms with Gasteiger partial charge in [-0.15, -0.1) is 11.3 Å². The minimum Gasteiger partial charge on any atom is -0.383 e. The predicted molar refractivity (Wildman–Crippen MR) is 111 cm³/mol. The van der Waals surface area contributed by atoms with E-state index in [0.717, 1.165) is 15.3 Å². The van der Waals surface area contributed by atoms with Crippen LogP contribution in [-0.4, -0.2) is 11.0 Å². The van der Waals surface area contributed by atoms with E-state index in [4.69, 9.17) is 0 Å². The Labute approximate surface area is 164 Å². The van der Waals surface area contributed by atoms with Crippen molar-refractivity contribution < 1.29 is 9.90 Å². The number of nitrogens with one attached hydrogen (secondary N) is 1. The first kappa shape index (κ1) is 19.3. The molecule has 0 aliphatic carbocycles. The molecule has 0 bridgehead atoms. The third-order valence-electron chi connectivity index (χ3n) is 4.50. The Kier molecular flexibility index (Phi) is 5.78. The minimum atomic E-state index is -0.634. The molecule has 0 spiro atoms. The first-order chi connectivity index (χ1) is 12.8. The second kappa shape index (κ2) is 8.07. The van der Waals surface area contributed by atoms with Crippen LogP contribution in [-0.2, 0) is 12.0 Å². The van der Waals surface area contributed by atoms with Gasteiger partial charge in [-0.2, -0.15) is 0 Å². The minimum absolute atomic E-state index is 0.0714. The molecule has 27 heavy (non-hydrogen) atoms. The van der Waals surface area contributed by atoms with Crippen molar-refractivity contribution in [3.63, 3.8) is 0 Å². The maximum atomic E-state index is 12.4. The predicted octanol–water partition coefficient (Wildman–Crippen LogP) is 5.06. The number of carbonyl (C=O) groups is 1. The third-order valence-corrected chi connectivity index (χ3v) is 5.64. The van der Waals surface area contributed by atoms with E-state index in [1.54, 1.807) is 0 Å². The van der Waals surface area contributed by atoms with E-state index >= 15 is 0 Å². The van der Waals surface area contributed by atoms with E-state index in [9.17, 15) is 9.90 Å². The molecule has 0 radical (unpaired) electrons. The first-order valence-electron chi connectivity index (χ1n) is 9.05. The second-order valence-electron chi connectivity index (χ2n) is 7.63. The van der Waals surface area contributed by atoms with Crippen LogP contribution in [0.15, 0.2) is 66.7 Å². The zero-order valence-corrected chi connectivity index (χ0v) is 16.7. The van der Waals surface area contributed by atoms with Crippen molar-refractivity contribution in [3.8, 4) is 0 Å². The van der Waals surface area contributed by atoms with Gasteiger partial charge in [-0.3, -0.25) is 4.79 Å². The van der Waals surface area contributed by atoms with Crippen molar-refractivity contribution >= 4 is 17.2 Å². The molecule has 0 saturated heterocycles. The topological polar surface area (TPSA) is 49.3 Å². The lowest BCUT2D eigenvalue weighted by Crippen LogP contribution is -2.22. The molecular formula is C23H25NO2S. The average molecular weight is 380 g/mol. The Balaban J connectivity index is 1.60. The number of benzene rings is 2. The molecule has 1 unspecified atom stereocenters. The normalized spacial score (nSPS) is 12.6. The molecule has 1 heterocycles. The molecule has 3 aromatic rings. The summed E-state index contributed by atoms with van der Waals surface area (Å²) in [5, 5.41) is 13.4. The molecule has 0 fully saturated rings. The summed E-state index contributed by atoms with van der Waals surface area (Å²) in [5.74, 6) is -0.0889. The summed E-state index contributed by atoms with van der Waals surface area (Å²) in [6.45, 7) is 6.91. The largest absolute Gasteiger partial charge is 0.383 e. The number of carbonyl (C=O) groups excluding carboxylic acids is 1. The van der Waals surface area contributed by atoms with Crippen LogP contribution in [0.1, 0.15) is 58.1 Å². The smallest absolute Gasteiger partial charge is 0.251 e. The van der Waals surface area contributed by atoms with Gasteiger partial charge in [-0.1, -0.05) is 63.2 Å². The molecule has 0 saturated carbocycles. The summed E-state index contributed by atoms with van der Waals surface area (Å²) in [6, 6.07) is 21.2. The first-order valence-corrected chi connectivity index (χ1v) is 9.86. The molecule has 0 aliphatic heterocycles. The molecule has 1 aromatic heterocycles. The number of rotatable bonds is 5. The van der Waals surface area contributed by atoms with Crippen molar-refractivity contribution in [3.05, 3.63) is 93.2 Å². The molecule has 4 heteroatoms. The van der Waals surface area contributed by atoms with Gasteiger partial charge in [0.1, 0.15) is 6.10 Å². The molecule has 2 aromatic carbocycles. The Morgan fingerprint density at radius 1 is 1.00 bits per heavy atom. The summed E-state index contributed by atoms with van der Waals surface area (Å²) in [7, 11) is 0. The molecular weight excluding hydrogens is 354 g/mol. The van der Waals surface area contributed by atoms with Crippen LogP contribution in [0.25, 0.3) is 0 Å². The lowest BCUT2D eigenvalue weighted by atomic mass is 9.87. The molecule has 1 atom stereocenters. The molecule has 1 amide bonds. The maximum absolute atomic E-state index is 12.4. The van der Waals surface area contributed by atoms with E-state index in [2.05, 4.69) is 26.1 Å². The zero-order valence-electron chi connectivity index (χ0n) is 15.9. The van der Waals surface area contributed by atoms with Crippen molar-refractivity contribution in [2.75, 3.05) is 0 Å². The van der Waals surface area contributed by atoms with E-state index in [1.807, 2.05) is 66.7 Å². The van der Waals surface area contributed by atoms with Crippen LogP contribution in [0.3, 0.4) is 0 Å². The van der Waals surface area contributed by atoms with Gasteiger partial charge in [0.2, 0.25) is 0 Å². The highest BCUT2D eigenvalue weighted by atomic mass is 32.1. The van der Waals surface area contributed by atoms with E-state index in [1.165, 1.54) is 16.9 Å². The van der Waals surface area contributed by atoms with E-state index < -0.39 is 6.10 Å². The maximum Gasteiger partial charge on any atom is 0.251 e. The van der Waals surface area contributed by atoms with Crippen LogP contribution in [0.2, 0.25) is 0 Å². The lowest BCUT2D eigenvalue weighted by molar-refractivity contribution is 0.0951. The summed E-state index contributed by atoms with van der Waals surface area (Å²) in [4.78, 5) is 14.3. The van der Waals surface area contributed by atoms with Gasteiger partial charge in [0.15, 0.2) is 0 Å². The Hall–Kier alpha value is -2.43. The summed E-state index contributed by atoms with van der Waals surface area (Å²) in [6.07, 6.45) is -0.634. The van der Waals surface area contributed by atoms with Gasteiger partial charge >= 0.3 is 0 Å². The fourth-order valence-electron chi connectivity index (χ4n) is 2.83. The van der Waals surface area contributed by atoms with Crippen molar-refractivity contribution in [1.29, 1.82) is 0 Å². The Morgan fingerprint density at radius 2 is 1.67 bits per heavy atom. The second-order valence-corrected chi connectivity index (χ2v) is 8.83. The zero-order chi connectivity index (χ0) is 19.4. The summed E-state index contributed by atoms with van der Waals surface area (Å²) >= 11 is 1.51. The number of hydrogen-bond donors (Lipinski definition) is 2. The van der Waals surface area contributed by atoms with Gasteiger partial charge in [-0.05, 0) is 40.8 Å². The van der Waals surface area contributed by atoms with E-state index in [0.29, 0.717) is 12.1 Å². The van der Waals surface area contributed by atoms with Gasteiger partial charge < -0.3 is 10.4 Å². The quantitative estimate of drug-likeness (QED) is 0.651. The summed E-state index contributed by atoms with van der Waals surface area (Å²) in [5.41, 5.74) is 2.80. The molecule has 0 aliphatic rings. The standard InChI is InChI=1S/C23H25NO2S/c1-23(2,3)18-11-9-17(10-12-18)22(26)24-15-19-13-14-20(27-19)21(25)16-7-5-4-6-8-16/h4-14,21,25H,15H2,1-3H3,(H,24,26). The highest BCUT2D eigenvalue weighted by Gasteiger charge is 2.15. The number of amides is 1. The third kappa shape index (κ3) is 4.85. The molecule has 2 N–H and O–H groups in total.